The molecule has 2 heterocycles. The first-order chi connectivity index (χ1) is 9.75. The first kappa shape index (κ1) is 14.5. The maximum atomic E-state index is 10.9. The molecule has 0 saturated carbocycles. The molecule has 1 aliphatic heterocycles. The van der Waals surface area contributed by atoms with Crippen LogP contribution in [0, 0.1) is 5.92 Å². The van der Waals surface area contributed by atoms with Gasteiger partial charge in [-0.2, -0.15) is 0 Å². The number of pyridine rings is 1. The summed E-state index contributed by atoms with van der Waals surface area (Å²) in [5, 5.41) is 12.9. The minimum absolute atomic E-state index is 0.249. The number of hydrogen-bond acceptors (Lipinski definition) is 5. The number of aromatic nitrogens is 1. The van der Waals surface area contributed by atoms with Crippen molar-refractivity contribution in [3.05, 3.63) is 30.1 Å². The van der Waals surface area contributed by atoms with Crippen molar-refractivity contribution in [2.75, 3.05) is 26.2 Å². The van der Waals surface area contributed by atoms with Gasteiger partial charge in [-0.3, -0.25) is 14.7 Å². The Morgan fingerprint density at radius 2 is 2.50 bits per heavy atom. The van der Waals surface area contributed by atoms with Gasteiger partial charge >= 0.3 is 5.97 Å². The van der Waals surface area contributed by atoms with Gasteiger partial charge in [-0.25, -0.2) is 0 Å². The van der Waals surface area contributed by atoms with Gasteiger partial charge in [-0.05, 0) is 31.5 Å². The Labute approximate surface area is 118 Å². The van der Waals surface area contributed by atoms with Crippen LogP contribution in [0.1, 0.15) is 18.5 Å². The molecule has 1 aliphatic rings. The summed E-state index contributed by atoms with van der Waals surface area (Å²) in [5.74, 6) is -0.954. The maximum Gasteiger partial charge on any atom is 0.307 e. The van der Waals surface area contributed by atoms with Crippen molar-refractivity contribution in [2.24, 2.45) is 11.1 Å². The molecule has 0 aliphatic carbocycles. The number of carboxylic acid groups (broad SMARTS) is 1. The summed E-state index contributed by atoms with van der Waals surface area (Å²) in [6.07, 6.45) is 4.95. The number of rotatable bonds is 6. The standard InChI is InChI=1S/C14H19N3O3/c18-14(19)12-4-3-7-17(11-12)8-9-20-16-10-13-5-1-2-6-15-13/h1-2,5-6,10,12H,3-4,7-9,11H2,(H,18,19)/b16-10+. The minimum Gasteiger partial charge on any atom is -0.481 e. The number of likely N-dealkylation sites (tertiary alicyclic amines) is 1. The highest BCUT2D eigenvalue weighted by Gasteiger charge is 2.24. The summed E-state index contributed by atoms with van der Waals surface area (Å²) < 4.78 is 0. The summed E-state index contributed by atoms with van der Waals surface area (Å²) in [4.78, 5) is 22.3. The Bertz CT molecular complexity index is 450. The topological polar surface area (TPSA) is 75.0 Å². The van der Waals surface area contributed by atoms with E-state index < -0.39 is 5.97 Å². The average Bonchev–Trinajstić information content (AvgIpc) is 2.48. The van der Waals surface area contributed by atoms with Gasteiger partial charge in [-0.15, -0.1) is 0 Å². The molecule has 0 amide bonds. The van der Waals surface area contributed by atoms with Crippen molar-refractivity contribution in [3.63, 3.8) is 0 Å². The van der Waals surface area contributed by atoms with Crippen LogP contribution in [0.4, 0.5) is 0 Å². The van der Waals surface area contributed by atoms with Gasteiger partial charge in [0.15, 0.2) is 0 Å². The summed E-state index contributed by atoms with van der Waals surface area (Å²) in [6.45, 7) is 2.68. The number of carbonyl (C=O) groups is 1. The molecular weight excluding hydrogens is 258 g/mol. The average molecular weight is 277 g/mol. The van der Waals surface area contributed by atoms with Crippen molar-refractivity contribution in [1.82, 2.24) is 9.88 Å². The quantitative estimate of drug-likeness (QED) is 0.481. The van der Waals surface area contributed by atoms with E-state index in [1.165, 1.54) is 0 Å². The fourth-order valence-corrected chi connectivity index (χ4v) is 2.23. The molecular formula is C14H19N3O3. The van der Waals surface area contributed by atoms with E-state index in [2.05, 4.69) is 15.0 Å². The zero-order chi connectivity index (χ0) is 14.2. The van der Waals surface area contributed by atoms with E-state index in [-0.39, 0.29) is 5.92 Å². The molecule has 0 aromatic carbocycles. The summed E-state index contributed by atoms with van der Waals surface area (Å²) >= 11 is 0. The Morgan fingerprint density at radius 3 is 3.25 bits per heavy atom. The minimum atomic E-state index is -0.705. The number of aliphatic carboxylic acids is 1. The van der Waals surface area contributed by atoms with E-state index in [1.807, 2.05) is 18.2 Å². The Hall–Kier alpha value is -1.95. The van der Waals surface area contributed by atoms with Crippen LogP contribution in [0.25, 0.3) is 0 Å². The van der Waals surface area contributed by atoms with Gasteiger partial charge in [-0.1, -0.05) is 11.2 Å². The third-order valence-corrected chi connectivity index (χ3v) is 3.30. The Balaban J connectivity index is 1.66. The number of carboxylic acids is 1. The molecule has 1 aromatic heterocycles. The molecule has 1 atom stereocenters. The fourth-order valence-electron chi connectivity index (χ4n) is 2.23. The SMILES string of the molecule is O=C(O)C1CCCN(CCO/N=C/c2ccccn2)C1. The van der Waals surface area contributed by atoms with Crippen molar-refractivity contribution in [2.45, 2.75) is 12.8 Å². The monoisotopic (exact) mass is 277 g/mol. The lowest BCUT2D eigenvalue weighted by atomic mass is 9.98. The largest absolute Gasteiger partial charge is 0.481 e. The molecule has 1 unspecified atom stereocenters. The molecule has 1 saturated heterocycles. The Morgan fingerprint density at radius 1 is 1.60 bits per heavy atom. The van der Waals surface area contributed by atoms with Gasteiger partial charge in [0.2, 0.25) is 0 Å². The molecule has 1 N–H and O–H groups in total. The molecule has 20 heavy (non-hydrogen) atoms. The highest BCUT2D eigenvalue weighted by atomic mass is 16.6. The molecule has 0 radical (unpaired) electrons. The van der Waals surface area contributed by atoms with E-state index in [0.29, 0.717) is 19.7 Å². The van der Waals surface area contributed by atoms with Crippen molar-refractivity contribution < 1.29 is 14.7 Å². The van der Waals surface area contributed by atoms with E-state index in [9.17, 15) is 4.79 Å². The van der Waals surface area contributed by atoms with Gasteiger partial charge in [0.1, 0.15) is 6.61 Å². The molecule has 108 valence electrons. The van der Waals surface area contributed by atoms with Crippen molar-refractivity contribution in [3.8, 4) is 0 Å². The Kier molecular flexibility index (Phi) is 5.49. The van der Waals surface area contributed by atoms with Crippen molar-refractivity contribution in [1.29, 1.82) is 0 Å². The fraction of sp³-hybridized carbons (Fsp3) is 0.500. The number of oxime groups is 1. The first-order valence-electron chi connectivity index (χ1n) is 6.77. The van der Waals surface area contributed by atoms with Gasteiger partial charge in [0, 0.05) is 19.3 Å². The van der Waals surface area contributed by atoms with Crippen LogP contribution in [-0.4, -0.2) is 53.4 Å². The zero-order valence-corrected chi connectivity index (χ0v) is 11.3. The molecule has 0 bridgehead atoms. The smallest absolute Gasteiger partial charge is 0.307 e. The van der Waals surface area contributed by atoms with Crippen LogP contribution in [-0.2, 0) is 9.63 Å². The molecule has 6 nitrogen and oxygen atoms in total. The van der Waals surface area contributed by atoms with E-state index in [1.54, 1.807) is 12.4 Å². The third kappa shape index (κ3) is 4.62. The van der Waals surface area contributed by atoms with Crippen LogP contribution >= 0.6 is 0 Å². The molecule has 6 heteroatoms. The highest BCUT2D eigenvalue weighted by Crippen LogP contribution is 2.16. The normalized spacial score (nSPS) is 20.1. The second-order valence-electron chi connectivity index (χ2n) is 4.80. The predicted octanol–water partition coefficient (Wildman–Crippen LogP) is 1.23. The second kappa shape index (κ2) is 7.59. The van der Waals surface area contributed by atoms with Gasteiger partial charge in [0.05, 0.1) is 17.8 Å². The molecule has 1 fully saturated rings. The maximum absolute atomic E-state index is 10.9. The van der Waals surface area contributed by atoms with Gasteiger partial charge < -0.3 is 9.94 Å². The predicted molar refractivity (Wildman–Crippen MR) is 74.6 cm³/mol. The van der Waals surface area contributed by atoms with Crippen LogP contribution in [0.5, 0.6) is 0 Å². The summed E-state index contributed by atoms with van der Waals surface area (Å²) in [5.41, 5.74) is 0.747. The number of nitrogens with zero attached hydrogens (tertiary/aromatic N) is 3. The zero-order valence-electron chi connectivity index (χ0n) is 11.3. The highest BCUT2D eigenvalue weighted by molar-refractivity contribution is 5.76. The lowest BCUT2D eigenvalue weighted by molar-refractivity contribution is -0.143. The number of piperidine rings is 1. The molecule has 2 rings (SSSR count). The van der Waals surface area contributed by atoms with Crippen LogP contribution in [0.2, 0.25) is 0 Å². The lowest BCUT2D eigenvalue weighted by Crippen LogP contribution is -2.40. The second-order valence-corrected chi connectivity index (χ2v) is 4.80. The summed E-state index contributed by atoms with van der Waals surface area (Å²) in [6, 6.07) is 5.57. The summed E-state index contributed by atoms with van der Waals surface area (Å²) in [7, 11) is 0. The van der Waals surface area contributed by atoms with Crippen LogP contribution in [0.3, 0.4) is 0 Å². The van der Waals surface area contributed by atoms with Crippen LogP contribution in [0.15, 0.2) is 29.6 Å². The van der Waals surface area contributed by atoms with E-state index in [0.717, 1.165) is 25.1 Å². The van der Waals surface area contributed by atoms with Gasteiger partial charge in [0.25, 0.3) is 0 Å². The number of hydrogen-bond donors (Lipinski definition) is 1. The van der Waals surface area contributed by atoms with Crippen LogP contribution < -0.4 is 0 Å². The van der Waals surface area contributed by atoms with E-state index in [4.69, 9.17) is 9.94 Å². The lowest BCUT2D eigenvalue weighted by Gasteiger charge is -2.29. The molecule has 1 aromatic rings. The van der Waals surface area contributed by atoms with E-state index >= 15 is 0 Å². The molecule has 0 spiro atoms. The third-order valence-electron chi connectivity index (χ3n) is 3.30. The first-order valence-corrected chi connectivity index (χ1v) is 6.77. The van der Waals surface area contributed by atoms with Crippen molar-refractivity contribution >= 4 is 12.2 Å².